The van der Waals surface area contributed by atoms with Crippen LogP contribution in [0.3, 0.4) is 0 Å². The van der Waals surface area contributed by atoms with E-state index in [4.69, 9.17) is 0 Å². The molecule has 0 amide bonds. The maximum absolute atomic E-state index is 3.73. The Hall–Kier alpha value is -1.04. The normalized spacial score (nSPS) is 16.1. The Morgan fingerprint density at radius 3 is 2.43 bits per heavy atom. The number of rotatable bonds is 2. The molecule has 14 heavy (non-hydrogen) atoms. The van der Waals surface area contributed by atoms with Crippen LogP contribution < -0.4 is 0 Å². The van der Waals surface area contributed by atoms with Gasteiger partial charge in [-0.2, -0.15) is 0 Å². The van der Waals surface area contributed by atoms with Crippen LogP contribution in [0.25, 0.3) is 0 Å². The van der Waals surface area contributed by atoms with E-state index in [2.05, 4.69) is 32.2 Å². The molecule has 0 heterocycles. The predicted molar refractivity (Wildman–Crippen MR) is 66.4 cm³/mol. The Morgan fingerprint density at radius 2 is 2.00 bits per heavy atom. The first-order valence-electron chi connectivity index (χ1n) is 5.31. The van der Waals surface area contributed by atoms with Crippen LogP contribution in [0.15, 0.2) is 48.6 Å². The van der Waals surface area contributed by atoms with Crippen LogP contribution in [-0.4, -0.2) is 0 Å². The lowest BCUT2D eigenvalue weighted by molar-refractivity contribution is 0.711. The molecule has 0 aromatic rings. The van der Waals surface area contributed by atoms with Crippen molar-refractivity contribution in [1.82, 2.24) is 0 Å². The molecule has 0 spiro atoms. The van der Waals surface area contributed by atoms with Crippen LogP contribution >= 0.6 is 0 Å². The van der Waals surface area contributed by atoms with E-state index in [1.54, 1.807) is 6.08 Å². The highest BCUT2D eigenvalue weighted by molar-refractivity contribution is 5.28. The molecule has 0 saturated heterocycles. The second-order valence-electron chi connectivity index (χ2n) is 3.53. The van der Waals surface area contributed by atoms with Crippen molar-refractivity contribution in [3.05, 3.63) is 48.6 Å². The van der Waals surface area contributed by atoms with E-state index >= 15 is 0 Å². The maximum Gasteiger partial charge on any atom is -0.0282 e. The van der Waals surface area contributed by atoms with Crippen LogP contribution in [0.2, 0.25) is 0 Å². The molecule has 0 saturated carbocycles. The van der Waals surface area contributed by atoms with E-state index in [0.29, 0.717) is 0 Å². The third-order valence-corrected chi connectivity index (χ3v) is 2.06. The topological polar surface area (TPSA) is 0 Å². The molecule has 0 heteroatoms. The van der Waals surface area contributed by atoms with Gasteiger partial charge in [-0.05, 0) is 39.5 Å². The Kier molecular flexibility index (Phi) is 7.92. The van der Waals surface area contributed by atoms with Gasteiger partial charge in [-0.25, -0.2) is 0 Å². The lowest BCUT2D eigenvalue weighted by atomic mass is 9.98. The molecule has 0 unspecified atom stereocenters. The highest BCUT2D eigenvalue weighted by Gasteiger charge is 1.99. The second kappa shape index (κ2) is 8.55. The largest absolute Gasteiger partial charge is 0.103 e. The molecule has 0 aliphatic heterocycles. The van der Waals surface area contributed by atoms with Gasteiger partial charge in [0.2, 0.25) is 0 Å². The summed E-state index contributed by atoms with van der Waals surface area (Å²) in [7, 11) is 0. The summed E-state index contributed by atoms with van der Waals surface area (Å²) in [6.07, 6.45) is 13.5. The molecule has 0 nitrogen and oxygen atoms in total. The minimum Gasteiger partial charge on any atom is -0.103 e. The Balaban J connectivity index is 0.000000500. The zero-order valence-corrected chi connectivity index (χ0v) is 9.55. The third kappa shape index (κ3) is 6.47. The Labute approximate surface area is 88.7 Å². The summed E-state index contributed by atoms with van der Waals surface area (Å²) in [5, 5.41) is 0. The van der Waals surface area contributed by atoms with Gasteiger partial charge in [0.25, 0.3) is 0 Å². The van der Waals surface area contributed by atoms with Crippen molar-refractivity contribution in [3.8, 4) is 0 Å². The van der Waals surface area contributed by atoms with Crippen LogP contribution in [0, 0.1) is 0 Å². The molecule has 0 fully saturated rings. The van der Waals surface area contributed by atoms with Crippen LogP contribution in [0.4, 0.5) is 0 Å². The quantitative estimate of drug-likeness (QED) is 0.433. The molecule has 1 aliphatic rings. The van der Waals surface area contributed by atoms with E-state index in [1.165, 1.54) is 36.8 Å². The molecule has 0 aromatic carbocycles. The molecule has 0 radical (unpaired) electrons. The molecule has 0 aromatic heterocycles. The summed E-state index contributed by atoms with van der Waals surface area (Å²) in [6.45, 7) is 11.1. The van der Waals surface area contributed by atoms with Gasteiger partial charge >= 0.3 is 0 Å². The summed E-state index contributed by atoms with van der Waals surface area (Å²) in [6, 6.07) is 0. The van der Waals surface area contributed by atoms with Gasteiger partial charge in [0, 0.05) is 0 Å². The van der Waals surface area contributed by atoms with Gasteiger partial charge in [-0.15, -0.1) is 6.58 Å². The number of hydrogen-bond acceptors (Lipinski definition) is 0. The van der Waals surface area contributed by atoms with Gasteiger partial charge < -0.3 is 0 Å². The first-order chi connectivity index (χ1) is 6.74. The zero-order valence-electron chi connectivity index (χ0n) is 9.55. The lowest BCUT2D eigenvalue weighted by Crippen LogP contribution is -1.88. The fourth-order valence-electron chi connectivity index (χ4n) is 1.35. The van der Waals surface area contributed by atoms with E-state index in [0.717, 1.165) is 0 Å². The maximum atomic E-state index is 3.73. The molecular weight excluding hydrogens is 168 g/mol. The van der Waals surface area contributed by atoms with Gasteiger partial charge in [-0.3, -0.25) is 0 Å². The fraction of sp³-hybridized carbons (Fsp3) is 0.429. The van der Waals surface area contributed by atoms with Crippen molar-refractivity contribution < 1.29 is 0 Å². The van der Waals surface area contributed by atoms with Gasteiger partial charge in [0.15, 0.2) is 0 Å². The van der Waals surface area contributed by atoms with Crippen LogP contribution in [0.5, 0.6) is 0 Å². The number of allylic oxidation sites excluding steroid dienone is 6. The Bertz CT molecular complexity index is 228. The summed E-state index contributed by atoms with van der Waals surface area (Å²) in [4.78, 5) is 0. The summed E-state index contributed by atoms with van der Waals surface area (Å²) in [5.74, 6) is 0. The van der Waals surface area contributed by atoms with Crippen molar-refractivity contribution in [3.63, 3.8) is 0 Å². The Morgan fingerprint density at radius 1 is 1.36 bits per heavy atom. The smallest absolute Gasteiger partial charge is 0.0282 e. The monoisotopic (exact) mass is 190 g/mol. The highest BCUT2D eigenvalue weighted by Crippen LogP contribution is 2.19. The van der Waals surface area contributed by atoms with Gasteiger partial charge in [0.05, 0.1) is 0 Å². The van der Waals surface area contributed by atoms with E-state index in [1.807, 2.05) is 13.0 Å². The molecule has 0 N–H and O–H groups in total. The van der Waals surface area contributed by atoms with Crippen LogP contribution in [0.1, 0.15) is 39.5 Å². The van der Waals surface area contributed by atoms with E-state index in [9.17, 15) is 0 Å². The zero-order chi connectivity index (χ0) is 10.8. The lowest BCUT2D eigenvalue weighted by Gasteiger charge is -2.08. The van der Waals surface area contributed by atoms with Gasteiger partial charge in [-0.1, -0.05) is 42.0 Å². The summed E-state index contributed by atoms with van der Waals surface area (Å²) < 4.78 is 0. The first kappa shape index (κ1) is 13.0. The average Bonchev–Trinajstić information content (AvgIpc) is 2.20. The van der Waals surface area contributed by atoms with Crippen molar-refractivity contribution >= 4 is 0 Å². The molecule has 78 valence electrons. The number of hydrogen-bond donors (Lipinski definition) is 0. The molecular formula is C14H22. The first-order valence-corrected chi connectivity index (χ1v) is 5.31. The molecule has 0 atom stereocenters. The highest BCUT2D eigenvalue weighted by atomic mass is 14.1. The summed E-state index contributed by atoms with van der Waals surface area (Å²) >= 11 is 0. The van der Waals surface area contributed by atoms with Crippen molar-refractivity contribution in [2.75, 3.05) is 0 Å². The minimum absolute atomic E-state index is 1.26. The van der Waals surface area contributed by atoms with Crippen molar-refractivity contribution in [2.24, 2.45) is 0 Å². The fourth-order valence-corrected chi connectivity index (χ4v) is 1.35. The van der Waals surface area contributed by atoms with E-state index in [-0.39, 0.29) is 0 Å². The van der Waals surface area contributed by atoms with Crippen molar-refractivity contribution in [1.29, 1.82) is 0 Å². The molecule has 1 aliphatic carbocycles. The SMILES string of the molecule is C=C/C(C)=C/C1=CCCCC1.C=CC. The average molecular weight is 190 g/mol. The molecule has 0 bridgehead atoms. The van der Waals surface area contributed by atoms with Crippen molar-refractivity contribution in [2.45, 2.75) is 39.5 Å². The summed E-state index contributed by atoms with van der Waals surface area (Å²) in [5.41, 5.74) is 2.77. The third-order valence-electron chi connectivity index (χ3n) is 2.06. The van der Waals surface area contributed by atoms with Gasteiger partial charge in [0.1, 0.15) is 0 Å². The predicted octanol–water partition coefficient (Wildman–Crippen LogP) is 4.81. The van der Waals surface area contributed by atoms with E-state index < -0.39 is 0 Å². The standard InChI is InChI=1S/C11H16.C3H6/c1-3-10(2)9-11-7-5-4-6-8-11;1-3-2/h3,7,9H,1,4-6,8H2,2H3;3H,1H2,2H3/b10-9+;. The minimum atomic E-state index is 1.26. The molecule has 1 rings (SSSR count). The second-order valence-corrected chi connectivity index (χ2v) is 3.53. The van der Waals surface area contributed by atoms with Crippen LogP contribution in [-0.2, 0) is 0 Å².